The number of anilines is 2. The molecular formula is C31H36N4O7S2. The van der Waals surface area contributed by atoms with Crippen LogP contribution in [0.4, 0.5) is 22.7 Å². The van der Waals surface area contributed by atoms with Gasteiger partial charge in [-0.3, -0.25) is 9.44 Å². The van der Waals surface area contributed by atoms with Gasteiger partial charge >= 0.3 is 11.3 Å². The summed E-state index contributed by atoms with van der Waals surface area (Å²) in [4.78, 5) is 0. The van der Waals surface area contributed by atoms with Gasteiger partial charge in [0.2, 0.25) is 10.0 Å². The molecule has 0 aliphatic carbocycles. The second-order valence-corrected chi connectivity index (χ2v) is 12.9. The fourth-order valence-corrected chi connectivity index (χ4v) is 6.10. The van der Waals surface area contributed by atoms with Crippen molar-refractivity contribution in [1.82, 2.24) is 0 Å². The molecule has 0 fully saturated rings. The molecule has 4 aromatic rings. The second-order valence-electron chi connectivity index (χ2n) is 10.4. The van der Waals surface area contributed by atoms with Crippen molar-refractivity contribution < 1.29 is 31.8 Å². The van der Waals surface area contributed by atoms with E-state index in [1.54, 1.807) is 48.5 Å². The molecule has 0 saturated heterocycles. The average Bonchev–Trinajstić information content (AvgIpc) is 2.96. The first-order valence-corrected chi connectivity index (χ1v) is 16.8. The van der Waals surface area contributed by atoms with Crippen LogP contribution in [0.5, 0.6) is 23.0 Å². The lowest BCUT2D eigenvalue weighted by Crippen LogP contribution is -2.12. The number of nitrogens with one attached hydrogen (secondary N) is 2. The van der Waals surface area contributed by atoms with Crippen LogP contribution < -0.4 is 18.4 Å². The molecule has 4 N–H and O–H groups in total. The molecule has 0 aliphatic rings. The second kappa shape index (κ2) is 13.5. The normalized spacial score (nSPS) is 12.5. The van der Waals surface area contributed by atoms with E-state index in [1.807, 2.05) is 27.7 Å². The van der Waals surface area contributed by atoms with E-state index >= 15 is 0 Å². The first-order valence-electron chi connectivity index (χ1n) is 13.9. The number of ether oxygens (including phenoxy) is 1. The molecule has 0 aliphatic heterocycles. The Hall–Kier alpha value is -4.36. The molecule has 0 bridgehead atoms. The van der Waals surface area contributed by atoms with Crippen LogP contribution in [0.2, 0.25) is 0 Å². The number of nitrogens with zero attached hydrogens (tertiary/aromatic N) is 2. The zero-order chi connectivity index (χ0) is 32.2. The first kappa shape index (κ1) is 32.6. The number of phenols is 2. The summed E-state index contributed by atoms with van der Waals surface area (Å²) >= 11 is -2.11. The topological polar surface area (TPSA) is 159 Å². The minimum atomic E-state index is -3.64. The van der Waals surface area contributed by atoms with Crippen LogP contribution in [0.25, 0.3) is 10.8 Å². The number of hydrogen-bond donors (Lipinski definition) is 4. The molecular weight excluding hydrogens is 604 g/mol. The molecule has 1 atom stereocenters. The molecule has 4 rings (SSSR count). The van der Waals surface area contributed by atoms with Gasteiger partial charge in [0.05, 0.1) is 36.1 Å². The number of hydrogen-bond acceptors (Lipinski definition) is 9. The number of benzene rings is 4. The van der Waals surface area contributed by atoms with E-state index in [0.717, 1.165) is 30.2 Å². The van der Waals surface area contributed by atoms with E-state index in [4.69, 9.17) is 8.92 Å². The highest BCUT2D eigenvalue weighted by Gasteiger charge is 2.20. The van der Waals surface area contributed by atoms with Crippen molar-refractivity contribution in [3.8, 4) is 23.0 Å². The van der Waals surface area contributed by atoms with Crippen LogP contribution in [-0.2, 0) is 21.3 Å². The monoisotopic (exact) mass is 640 g/mol. The molecule has 44 heavy (non-hydrogen) atoms. The Morgan fingerprint density at radius 1 is 0.932 bits per heavy atom. The molecule has 13 heteroatoms. The van der Waals surface area contributed by atoms with Gasteiger partial charge in [-0.2, -0.15) is 9.32 Å². The van der Waals surface area contributed by atoms with Gasteiger partial charge in [-0.15, -0.1) is 5.11 Å². The lowest BCUT2D eigenvalue weighted by molar-refractivity contribution is 0.397. The maximum absolute atomic E-state index is 12.9. The molecule has 0 amide bonds. The van der Waals surface area contributed by atoms with Crippen LogP contribution in [0.1, 0.15) is 49.3 Å². The Morgan fingerprint density at radius 2 is 1.64 bits per heavy atom. The number of methoxy groups -OCH3 is 1. The van der Waals surface area contributed by atoms with Crippen LogP contribution in [0, 0.1) is 13.8 Å². The minimum Gasteiger partial charge on any atom is -0.507 e. The van der Waals surface area contributed by atoms with Crippen LogP contribution in [-0.4, -0.2) is 36.2 Å². The SMILES string of the molecule is CCC(CC)c1cc(N=Nc2ccc(OC)c(OS(=O)Nc3cc(C)c(C)cc3O)c2)c2c(NS(C)(=O)=O)cccc2c1O. The van der Waals surface area contributed by atoms with E-state index < -0.39 is 21.3 Å². The Morgan fingerprint density at radius 3 is 2.30 bits per heavy atom. The molecule has 0 saturated carbocycles. The maximum Gasteiger partial charge on any atom is 0.316 e. The standard InChI is InChI=1S/C31H36N4O7S2/c1-7-20(8-2)23-17-26(30-22(31(23)37)10-9-11-24(30)35-44(6,39)40)33-32-21-12-13-28(41-5)29(16-21)42-43(38)34-25-14-18(3)19(4)15-27(25)36/h9-17,20,34-37H,7-8H2,1-6H3. The molecule has 11 nitrogen and oxygen atoms in total. The summed E-state index contributed by atoms with van der Waals surface area (Å²) in [5, 5.41) is 31.2. The van der Waals surface area contributed by atoms with Crippen molar-refractivity contribution in [2.45, 2.75) is 46.5 Å². The Labute approximate surface area is 259 Å². The summed E-state index contributed by atoms with van der Waals surface area (Å²) in [6, 6.07) is 14.6. The van der Waals surface area contributed by atoms with Gasteiger partial charge in [0.25, 0.3) is 0 Å². The summed E-state index contributed by atoms with van der Waals surface area (Å²) in [6.45, 7) is 7.78. The molecule has 4 aromatic carbocycles. The fraction of sp³-hybridized carbons (Fsp3) is 0.290. The number of rotatable bonds is 12. The number of azo groups is 1. The van der Waals surface area contributed by atoms with Crippen molar-refractivity contribution in [3.63, 3.8) is 0 Å². The molecule has 0 spiro atoms. The summed E-state index contributed by atoms with van der Waals surface area (Å²) in [5.74, 6) is 0.424. The van der Waals surface area contributed by atoms with Crippen molar-refractivity contribution in [3.05, 3.63) is 71.3 Å². The predicted molar refractivity (Wildman–Crippen MR) is 175 cm³/mol. The van der Waals surface area contributed by atoms with Gasteiger partial charge in [-0.05, 0) is 85.7 Å². The zero-order valence-electron chi connectivity index (χ0n) is 25.3. The third kappa shape index (κ3) is 7.40. The van der Waals surface area contributed by atoms with Crippen LogP contribution in [0.3, 0.4) is 0 Å². The van der Waals surface area contributed by atoms with E-state index in [9.17, 15) is 22.8 Å². The Kier molecular flexibility index (Phi) is 10.00. The highest BCUT2D eigenvalue weighted by Crippen LogP contribution is 2.45. The smallest absolute Gasteiger partial charge is 0.316 e. The number of fused-ring (bicyclic) bond motifs is 1. The average molecular weight is 641 g/mol. The van der Waals surface area contributed by atoms with Gasteiger partial charge < -0.3 is 19.1 Å². The van der Waals surface area contributed by atoms with Crippen LogP contribution in [0.15, 0.2) is 64.8 Å². The third-order valence-electron chi connectivity index (χ3n) is 7.25. The highest BCUT2D eigenvalue weighted by atomic mass is 32.2. The Balaban J connectivity index is 1.75. The van der Waals surface area contributed by atoms with E-state index in [-0.39, 0.29) is 40.3 Å². The number of aromatic hydroxyl groups is 2. The van der Waals surface area contributed by atoms with Gasteiger partial charge in [0, 0.05) is 16.8 Å². The molecule has 0 aromatic heterocycles. The highest BCUT2D eigenvalue weighted by molar-refractivity contribution is 7.92. The number of sulfonamides is 1. The van der Waals surface area contributed by atoms with E-state index in [0.29, 0.717) is 27.7 Å². The van der Waals surface area contributed by atoms with Crippen molar-refractivity contribution in [2.24, 2.45) is 10.2 Å². The quantitative estimate of drug-likeness (QED) is 0.0915. The molecule has 0 heterocycles. The summed E-state index contributed by atoms with van der Waals surface area (Å²) in [5.41, 5.74) is 3.62. The summed E-state index contributed by atoms with van der Waals surface area (Å²) < 4.78 is 53.3. The predicted octanol–water partition coefficient (Wildman–Crippen LogP) is 7.64. The molecule has 234 valence electrons. The van der Waals surface area contributed by atoms with E-state index in [2.05, 4.69) is 19.7 Å². The summed E-state index contributed by atoms with van der Waals surface area (Å²) in [6.07, 6.45) is 2.60. The van der Waals surface area contributed by atoms with Gasteiger partial charge in [-0.25, -0.2) is 8.42 Å². The van der Waals surface area contributed by atoms with Crippen molar-refractivity contribution >= 4 is 54.8 Å². The minimum absolute atomic E-state index is 0.0418. The largest absolute Gasteiger partial charge is 0.507 e. The van der Waals surface area contributed by atoms with Crippen LogP contribution >= 0.6 is 0 Å². The fourth-order valence-electron chi connectivity index (χ4n) is 4.85. The molecule has 1 unspecified atom stereocenters. The number of phenolic OH excluding ortho intramolecular Hbond substituents is 2. The lowest BCUT2D eigenvalue weighted by atomic mass is 9.90. The first-order chi connectivity index (χ1) is 20.8. The Bertz CT molecular complexity index is 1860. The van der Waals surface area contributed by atoms with E-state index in [1.165, 1.54) is 13.2 Å². The maximum atomic E-state index is 12.9. The third-order valence-corrected chi connectivity index (χ3v) is 8.56. The van der Waals surface area contributed by atoms with Gasteiger partial charge in [-0.1, -0.05) is 26.0 Å². The van der Waals surface area contributed by atoms with Crippen molar-refractivity contribution in [1.29, 1.82) is 0 Å². The summed E-state index contributed by atoms with van der Waals surface area (Å²) in [7, 11) is -2.20. The van der Waals surface area contributed by atoms with Gasteiger partial charge in [0.1, 0.15) is 11.5 Å². The van der Waals surface area contributed by atoms with Crippen molar-refractivity contribution in [2.75, 3.05) is 22.8 Å². The zero-order valence-corrected chi connectivity index (χ0v) is 27.0. The van der Waals surface area contributed by atoms with Gasteiger partial charge in [0.15, 0.2) is 11.5 Å². The number of aryl methyl sites for hydroxylation is 2. The lowest BCUT2D eigenvalue weighted by Gasteiger charge is -2.19. The molecule has 0 radical (unpaired) electrons.